The predicted molar refractivity (Wildman–Crippen MR) is 89.7 cm³/mol. The Morgan fingerprint density at radius 3 is 1.58 bits per heavy atom. The van der Waals surface area contributed by atoms with E-state index >= 15 is 0 Å². The Morgan fingerprint density at radius 1 is 0.947 bits per heavy atom. The first-order valence-corrected chi connectivity index (χ1v) is 16.6. The fraction of sp³-hybridized carbons (Fsp3) is 0.933. The van der Waals surface area contributed by atoms with Gasteiger partial charge < -0.3 is 11.3 Å². The summed E-state index contributed by atoms with van der Waals surface area (Å²) in [5.41, 5.74) is 2.07. The van der Waals surface area contributed by atoms with Gasteiger partial charge in [-0.1, -0.05) is 54.9 Å². The van der Waals surface area contributed by atoms with Crippen LogP contribution in [0.25, 0.3) is 0 Å². The molecule has 0 aliphatic carbocycles. The van der Waals surface area contributed by atoms with Crippen molar-refractivity contribution in [1.29, 1.82) is 0 Å². The van der Waals surface area contributed by atoms with Gasteiger partial charge in [0.15, 0.2) is 8.32 Å². The summed E-state index contributed by atoms with van der Waals surface area (Å²) >= 11 is 4.25. The molecular formula is C15H33BrOSiZn. The second kappa shape index (κ2) is 11.9. The van der Waals surface area contributed by atoms with E-state index in [4.69, 9.17) is 4.43 Å². The zero-order chi connectivity index (χ0) is 15.6. The molecule has 0 N–H and O–H groups in total. The van der Waals surface area contributed by atoms with Crippen molar-refractivity contribution in [3.05, 3.63) is 6.92 Å². The fourth-order valence-electron chi connectivity index (χ4n) is 3.22. The Labute approximate surface area is 139 Å². The van der Waals surface area contributed by atoms with Crippen LogP contribution in [0.3, 0.4) is 0 Å². The summed E-state index contributed by atoms with van der Waals surface area (Å²) in [6, 6.07) is 0. The van der Waals surface area contributed by atoms with Crippen LogP contribution in [0.1, 0.15) is 61.3 Å². The van der Waals surface area contributed by atoms with Crippen molar-refractivity contribution in [2.75, 3.05) is 6.61 Å². The molecule has 0 unspecified atom stereocenters. The van der Waals surface area contributed by atoms with Gasteiger partial charge in [-0.05, 0) is 22.5 Å². The van der Waals surface area contributed by atoms with Crippen molar-refractivity contribution in [2.24, 2.45) is 5.92 Å². The Bertz CT molecular complexity index is 189. The van der Waals surface area contributed by atoms with Crippen molar-refractivity contribution in [3.63, 3.8) is 0 Å². The van der Waals surface area contributed by atoms with E-state index in [9.17, 15) is 0 Å². The topological polar surface area (TPSA) is 9.23 Å². The zero-order valence-corrected chi connectivity index (χ0v) is 19.7. The van der Waals surface area contributed by atoms with Crippen LogP contribution in [0.15, 0.2) is 0 Å². The summed E-state index contributed by atoms with van der Waals surface area (Å²) in [4.78, 5) is 0. The molecule has 0 rings (SSSR count). The van der Waals surface area contributed by atoms with Gasteiger partial charge in [0, 0.05) is 6.61 Å². The molecule has 0 amide bonds. The molecule has 0 fully saturated rings. The van der Waals surface area contributed by atoms with Crippen LogP contribution in [0.2, 0.25) is 16.6 Å². The maximum absolute atomic E-state index is 6.54. The minimum absolute atomic E-state index is 0.649. The minimum atomic E-state index is -1.64. The Morgan fingerprint density at radius 2 is 1.32 bits per heavy atom. The van der Waals surface area contributed by atoms with Crippen molar-refractivity contribution >= 4 is 21.9 Å². The summed E-state index contributed by atoms with van der Waals surface area (Å²) in [6.07, 6.45) is 2.20. The SMILES string of the molecule is [CH2-]CC[C@H](C)CO[Si](C(C)C)(C(C)C)C(C)C.[Zn+][Br]. The molecule has 0 radical (unpaired) electrons. The fourth-order valence-corrected chi connectivity index (χ4v) is 8.79. The number of rotatable bonds is 8. The van der Waals surface area contributed by atoms with E-state index in [1.54, 1.807) is 0 Å². The van der Waals surface area contributed by atoms with Crippen molar-refractivity contribution < 1.29 is 20.8 Å². The third-order valence-corrected chi connectivity index (χ3v) is 10.1. The molecule has 19 heavy (non-hydrogen) atoms. The second-order valence-electron chi connectivity index (χ2n) is 6.38. The van der Waals surface area contributed by atoms with Gasteiger partial charge in [-0.15, -0.1) is 0 Å². The molecule has 1 nitrogen and oxygen atoms in total. The van der Waals surface area contributed by atoms with Crippen LogP contribution in [0, 0.1) is 12.8 Å². The first-order valence-electron chi connectivity index (χ1n) is 7.48. The van der Waals surface area contributed by atoms with Gasteiger partial charge in [0.25, 0.3) is 0 Å². The maximum atomic E-state index is 6.54. The van der Waals surface area contributed by atoms with Gasteiger partial charge in [-0.2, -0.15) is 6.42 Å². The molecule has 0 bridgehead atoms. The number of halogens is 1. The van der Waals surface area contributed by atoms with Gasteiger partial charge in [0.05, 0.1) is 0 Å². The van der Waals surface area contributed by atoms with Gasteiger partial charge in [0.2, 0.25) is 0 Å². The third kappa shape index (κ3) is 7.20. The van der Waals surface area contributed by atoms with Crippen molar-refractivity contribution in [2.45, 2.75) is 77.9 Å². The summed E-state index contributed by atoms with van der Waals surface area (Å²) in [6.45, 7) is 21.2. The molecule has 0 heterocycles. The van der Waals surface area contributed by atoms with Gasteiger partial charge in [-0.3, -0.25) is 0 Å². The molecule has 0 aromatic heterocycles. The van der Waals surface area contributed by atoms with Crippen LogP contribution < -0.4 is 0 Å². The Kier molecular flexibility index (Phi) is 14.1. The van der Waals surface area contributed by atoms with Gasteiger partial charge in [0.1, 0.15) is 0 Å². The average Bonchev–Trinajstić information content (AvgIpc) is 2.31. The quantitative estimate of drug-likeness (QED) is 0.343. The zero-order valence-electron chi connectivity index (χ0n) is 14.1. The summed E-state index contributed by atoms with van der Waals surface area (Å²) < 4.78 is 6.54. The van der Waals surface area contributed by atoms with E-state index < -0.39 is 8.32 Å². The molecule has 0 aromatic rings. The predicted octanol–water partition coefficient (Wildman–Crippen LogP) is 6.27. The molecule has 0 aromatic carbocycles. The van der Waals surface area contributed by atoms with E-state index in [0.717, 1.165) is 13.0 Å². The van der Waals surface area contributed by atoms with Crippen LogP contribution in [-0.2, 0) is 20.8 Å². The van der Waals surface area contributed by atoms with Crippen molar-refractivity contribution in [1.82, 2.24) is 0 Å². The van der Waals surface area contributed by atoms with E-state index in [2.05, 4.69) is 69.0 Å². The number of hydrogen-bond acceptors (Lipinski definition) is 1. The molecule has 0 saturated carbocycles. The van der Waals surface area contributed by atoms with Crippen LogP contribution >= 0.6 is 13.6 Å². The van der Waals surface area contributed by atoms with Crippen LogP contribution in [-0.4, -0.2) is 14.9 Å². The summed E-state index contributed by atoms with van der Waals surface area (Å²) in [5.74, 6) is 0.649. The van der Waals surface area contributed by atoms with E-state index in [-0.39, 0.29) is 0 Å². The van der Waals surface area contributed by atoms with E-state index in [0.29, 0.717) is 22.5 Å². The molecule has 112 valence electrons. The van der Waals surface area contributed by atoms with E-state index in [1.165, 1.54) is 22.8 Å². The van der Waals surface area contributed by atoms with Gasteiger partial charge >= 0.3 is 30.0 Å². The Hall–Kier alpha value is 1.28. The van der Waals surface area contributed by atoms with E-state index in [1.807, 2.05) is 0 Å². The second-order valence-corrected chi connectivity index (χ2v) is 11.8. The molecule has 1 atom stereocenters. The Balaban J connectivity index is 0. The number of hydrogen-bond donors (Lipinski definition) is 0. The van der Waals surface area contributed by atoms with Crippen LogP contribution in [0.5, 0.6) is 0 Å². The standard InChI is InChI=1S/C15H33OSi.BrH.Zn/c1-9-10-15(8)11-16-17(12(2)3,13(4)5)14(6)7;;/h12-15H,1,9-11H2,2-8H3;1H;/q-1;;+2/p-1/t15-;;/m0../s1. The molecule has 0 aliphatic heterocycles. The van der Waals surface area contributed by atoms with Crippen LogP contribution in [0.4, 0.5) is 0 Å². The monoisotopic (exact) mass is 400 g/mol. The average molecular weight is 403 g/mol. The summed E-state index contributed by atoms with van der Waals surface area (Å²) in [7, 11) is -1.64. The first-order chi connectivity index (χ1) is 8.78. The first kappa shape index (κ1) is 22.6. The molecule has 0 spiro atoms. The molecule has 0 aliphatic rings. The molecular weight excluding hydrogens is 370 g/mol. The van der Waals surface area contributed by atoms with Crippen molar-refractivity contribution in [3.8, 4) is 0 Å². The summed E-state index contributed by atoms with van der Waals surface area (Å²) in [5, 5.41) is 0. The molecule has 0 saturated heterocycles. The van der Waals surface area contributed by atoms with Gasteiger partial charge in [-0.25, -0.2) is 0 Å². The molecule has 4 heteroatoms. The third-order valence-electron chi connectivity index (χ3n) is 4.02. The normalized spacial score (nSPS) is 13.8.